The number of nitrogens with two attached hydrogens (primary N) is 4. The number of esters is 1. The van der Waals surface area contributed by atoms with Crippen LogP contribution in [0.5, 0.6) is 5.75 Å². The molecule has 0 unspecified atom stereocenters. The minimum Gasteiger partial charge on any atom is -0.508 e. The summed E-state index contributed by atoms with van der Waals surface area (Å²) in [4.78, 5) is 178. The van der Waals surface area contributed by atoms with Gasteiger partial charge in [0.2, 0.25) is 58.9 Å². The van der Waals surface area contributed by atoms with E-state index in [0.29, 0.717) is 36.0 Å². The van der Waals surface area contributed by atoms with Crippen LogP contribution in [0.25, 0.3) is 10.8 Å². The number of ether oxygens (including phenoxy) is 1. The monoisotopic (exact) mass is 1380 g/mol. The van der Waals surface area contributed by atoms with E-state index in [0.717, 1.165) is 21.2 Å². The Hall–Kier alpha value is -10.8. The number of rotatable bonds is 19. The molecule has 5 aromatic rings. The van der Waals surface area contributed by atoms with E-state index in [-0.39, 0.29) is 95.6 Å². The molecule has 0 saturated carbocycles. The number of benzene rings is 5. The van der Waals surface area contributed by atoms with Crippen molar-refractivity contribution in [1.82, 2.24) is 47.4 Å². The summed E-state index contributed by atoms with van der Waals surface area (Å²) in [7, 11) is 0. The van der Waals surface area contributed by atoms with Crippen molar-refractivity contribution in [1.29, 1.82) is 0 Å². The number of carbonyl (C=O) groups is 12. The highest BCUT2D eigenvalue weighted by Crippen LogP contribution is 2.26. The summed E-state index contributed by atoms with van der Waals surface area (Å²) in [6.45, 7) is 1.37. The fraction of sp³-hybridized carbons (Fsp3) is 0.431. The summed E-state index contributed by atoms with van der Waals surface area (Å²) in [6.07, 6.45) is -0.140. The van der Waals surface area contributed by atoms with Crippen LogP contribution in [0.4, 0.5) is 0 Å². The molecule has 17 N–H and O–H groups in total. The number of nitrogens with one attached hydrogen (secondary N) is 8. The lowest BCUT2D eigenvalue weighted by Crippen LogP contribution is -2.59. The first-order valence-electron chi connectivity index (χ1n) is 33.6. The lowest BCUT2D eigenvalue weighted by molar-refractivity contribution is -0.159. The van der Waals surface area contributed by atoms with Gasteiger partial charge in [-0.1, -0.05) is 115 Å². The quantitative estimate of drug-likeness (QED) is 0.0178. The summed E-state index contributed by atoms with van der Waals surface area (Å²) >= 11 is 0. The Bertz CT molecular complexity index is 3720. The van der Waals surface area contributed by atoms with Crippen molar-refractivity contribution < 1.29 is 67.4 Å². The van der Waals surface area contributed by atoms with Crippen LogP contribution in [-0.4, -0.2) is 168 Å². The molecule has 2 saturated heterocycles. The first kappa shape index (κ1) is 76.6. The lowest BCUT2D eigenvalue weighted by Gasteiger charge is -2.36. The molecule has 100 heavy (non-hydrogen) atoms. The fourth-order valence-electron chi connectivity index (χ4n) is 11.7. The highest BCUT2D eigenvalue weighted by molar-refractivity contribution is 6.38. The van der Waals surface area contributed by atoms with Crippen molar-refractivity contribution in [3.8, 4) is 5.75 Å². The van der Waals surface area contributed by atoms with Gasteiger partial charge in [0.25, 0.3) is 5.91 Å². The molecule has 8 atom stereocenters. The Labute approximate surface area is 580 Å². The number of fused-ring (bicyclic) bond motifs is 2. The number of hydrogen-bond acceptors (Lipinski definition) is 16. The molecule has 0 aromatic heterocycles. The van der Waals surface area contributed by atoms with Gasteiger partial charge in [-0.2, -0.15) is 0 Å². The number of Topliss-reactive ketones (excluding diaryl/α,β-unsaturated/α-hetero) is 1. The number of hydrogen-bond donors (Lipinski definition) is 13. The number of nitrogens with zero attached hydrogens (tertiary/aromatic N) is 2. The van der Waals surface area contributed by atoms with Gasteiger partial charge in [0.1, 0.15) is 54.6 Å². The van der Waals surface area contributed by atoms with Crippen molar-refractivity contribution in [2.75, 3.05) is 32.8 Å². The third-order valence-electron chi connectivity index (χ3n) is 17.3. The molecule has 0 aliphatic carbocycles. The van der Waals surface area contributed by atoms with Crippen molar-refractivity contribution in [2.45, 2.75) is 158 Å². The topological polar surface area (TPSA) is 450 Å². The van der Waals surface area contributed by atoms with E-state index in [1.165, 1.54) is 38.1 Å². The third kappa shape index (κ3) is 24.0. The van der Waals surface area contributed by atoms with E-state index in [9.17, 15) is 57.8 Å². The number of amides is 10. The van der Waals surface area contributed by atoms with E-state index in [4.69, 9.17) is 27.7 Å². The normalized spacial score (nSPS) is 22.4. The smallest absolute Gasteiger partial charge is 0.329 e. The number of ketones is 1. The van der Waals surface area contributed by atoms with Crippen LogP contribution in [-0.2, 0) is 88.0 Å². The first-order chi connectivity index (χ1) is 47.8. The number of guanidine groups is 1. The van der Waals surface area contributed by atoms with Gasteiger partial charge in [-0.3, -0.25) is 57.7 Å². The number of carbonyl (C=O) groups excluding carboxylic acids is 12. The Morgan fingerprint density at radius 2 is 1.10 bits per heavy atom. The highest BCUT2D eigenvalue weighted by Gasteiger charge is 2.43. The predicted octanol–water partition coefficient (Wildman–Crippen LogP) is 0.697. The number of primary amides is 1. The number of phenols is 1. The standard InChI is InChI=1S/C72H92N14O14/c1-72(2)43-100-70(99)57(39-45-17-7-4-8-18-45)85-64(93)52(22-14-35-77-71(75)76)81-61(90)42-78-63(92)55(38-46-26-30-51(87)31-27-46)83-67(96)56(40-47-24-28-48-19-9-10-20-49(48)37-47)84-65(94)53(21-13-34-73)82-66(95)54(32-33-59(74)88)80-60(89)41-50(29-25-44-15-5-3-6-16-44)79-68(97)58-23-11-12-36-86(58)69(98)62(72)91/h3-10,15-20,24,26-28,30-31,37,50,52-58,87H,11-14,21-23,25,29,32-36,38-43,73H2,1-2H3,(H2,74,88)(H,78,92)(H,79,97)(H,80,89)(H,81,90)(H,82,95)(H,83,96)(H,84,94)(H,85,93)(H4,75,76,77)/t50-,52+,53+,54+,55+,56-,57+,58+/m1/s1. The lowest BCUT2D eigenvalue weighted by atomic mass is 9.87. The first-order valence-corrected chi connectivity index (χ1v) is 33.6. The van der Waals surface area contributed by atoms with Crippen LogP contribution >= 0.6 is 0 Å². The molecular weight excluding hydrogens is 1280 g/mol. The number of aryl methyl sites for hydroxylation is 1. The summed E-state index contributed by atoms with van der Waals surface area (Å²) in [5, 5.41) is 33.5. The molecule has 0 bridgehead atoms. The van der Waals surface area contributed by atoms with Crippen LogP contribution in [0.15, 0.2) is 132 Å². The number of cyclic esters (lactones) is 1. The van der Waals surface area contributed by atoms with Gasteiger partial charge in [-0.25, -0.2) is 4.79 Å². The average Bonchev–Trinajstić information content (AvgIpc) is 0.809. The largest absolute Gasteiger partial charge is 0.508 e. The minimum atomic E-state index is -1.72. The molecule has 2 aliphatic heterocycles. The van der Waals surface area contributed by atoms with Crippen LogP contribution in [0, 0.1) is 5.41 Å². The number of phenolic OH excluding ortho intramolecular Hbond substituents is 1. The summed E-state index contributed by atoms with van der Waals surface area (Å²) in [6, 6.07) is 25.3. The second-order valence-electron chi connectivity index (χ2n) is 25.8. The number of aliphatic imine (C=N–C) groups is 1. The summed E-state index contributed by atoms with van der Waals surface area (Å²) < 4.78 is 5.79. The van der Waals surface area contributed by atoms with E-state index >= 15 is 4.79 Å². The minimum absolute atomic E-state index is 0.00426. The maximum Gasteiger partial charge on any atom is 0.329 e. The van der Waals surface area contributed by atoms with Crippen LogP contribution in [0.2, 0.25) is 0 Å². The number of piperidine rings is 1. The Morgan fingerprint density at radius 1 is 0.560 bits per heavy atom. The van der Waals surface area contributed by atoms with Gasteiger partial charge in [0.15, 0.2) is 5.96 Å². The van der Waals surface area contributed by atoms with Crippen molar-refractivity contribution in [2.24, 2.45) is 33.3 Å². The molecule has 10 amide bonds. The van der Waals surface area contributed by atoms with Crippen LogP contribution < -0.4 is 65.5 Å². The second-order valence-corrected chi connectivity index (χ2v) is 25.8. The van der Waals surface area contributed by atoms with Gasteiger partial charge in [0, 0.05) is 51.2 Å². The van der Waals surface area contributed by atoms with E-state index in [1.54, 1.807) is 36.4 Å². The molecule has 5 aromatic carbocycles. The summed E-state index contributed by atoms with van der Waals surface area (Å²) in [5.74, 6) is -11.1. The Morgan fingerprint density at radius 3 is 1.76 bits per heavy atom. The zero-order valence-electron chi connectivity index (χ0n) is 56.3. The maximum atomic E-state index is 15.0. The third-order valence-corrected chi connectivity index (χ3v) is 17.3. The average molecular weight is 1380 g/mol. The molecule has 28 heteroatoms. The second kappa shape index (κ2) is 37.8. The molecule has 534 valence electrons. The maximum absolute atomic E-state index is 15.0. The van der Waals surface area contributed by atoms with Gasteiger partial charge < -0.3 is 80.2 Å². The highest BCUT2D eigenvalue weighted by atomic mass is 16.5. The Balaban J connectivity index is 1.27. The van der Waals surface area contributed by atoms with Gasteiger partial charge in [-0.15, -0.1) is 0 Å². The van der Waals surface area contributed by atoms with E-state index in [2.05, 4.69) is 47.5 Å². The van der Waals surface area contributed by atoms with Gasteiger partial charge >= 0.3 is 5.97 Å². The fourth-order valence-corrected chi connectivity index (χ4v) is 11.7. The van der Waals surface area contributed by atoms with Crippen molar-refractivity contribution in [3.05, 3.63) is 150 Å². The van der Waals surface area contributed by atoms with E-state index in [1.807, 2.05) is 66.7 Å². The zero-order valence-corrected chi connectivity index (χ0v) is 56.3. The van der Waals surface area contributed by atoms with Gasteiger partial charge in [-0.05, 0) is 130 Å². The predicted molar refractivity (Wildman–Crippen MR) is 371 cm³/mol. The summed E-state index contributed by atoms with van der Waals surface area (Å²) in [5.41, 5.74) is 23.5. The molecule has 0 spiro atoms. The molecule has 0 radical (unpaired) electrons. The SMILES string of the molecule is CC1(C)COC(=O)[C@H](Cc2ccccc2)NC(=O)[C@H](CCCN=C(N)N)NC(=O)CNC(=O)[C@H](Cc2ccc(O)cc2)NC(=O)[C@@H](Cc2ccc3ccccc3c2)NC(=O)[C@H](CCCN)NC(=O)[C@H](CCC(N)=O)NC(=O)C[C@@H](CCc2ccccc2)NC(=O)[C@@H]2CCCCN2C(=O)C1=O. The molecular formula is C72H92N14O14. The molecule has 2 heterocycles. The molecule has 28 nitrogen and oxygen atoms in total. The van der Waals surface area contributed by atoms with E-state index < -0.39 is 151 Å². The number of aromatic hydroxyl groups is 1. The van der Waals surface area contributed by atoms with Crippen molar-refractivity contribution in [3.63, 3.8) is 0 Å². The molecule has 2 aliphatic rings. The van der Waals surface area contributed by atoms with Gasteiger partial charge in [0.05, 0.1) is 12.0 Å². The zero-order chi connectivity index (χ0) is 72.3. The Kier molecular flexibility index (Phi) is 29.0. The molecule has 7 rings (SSSR count). The molecule has 2 fully saturated rings. The van der Waals surface area contributed by atoms with Crippen molar-refractivity contribution >= 4 is 87.6 Å². The van der Waals surface area contributed by atoms with Crippen LogP contribution in [0.3, 0.4) is 0 Å². The van der Waals surface area contributed by atoms with Crippen LogP contribution in [0.1, 0.15) is 107 Å².